The van der Waals surface area contributed by atoms with E-state index in [1.807, 2.05) is 6.07 Å². The normalized spacial score (nSPS) is 25.1. The minimum Gasteiger partial charge on any atom is -0.356 e. The number of aromatic nitrogens is 2. The summed E-state index contributed by atoms with van der Waals surface area (Å²) in [4.78, 5) is 11.4. The Labute approximate surface area is 107 Å². The predicted molar refractivity (Wildman–Crippen MR) is 69.6 cm³/mol. The molecule has 0 amide bonds. The molecule has 4 heteroatoms. The lowest BCUT2D eigenvalue weighted by Crippen LogP contribution is -2.35. The molecule has 0 aromatic carbocycles. The second-order valence-corrected chi connectivity index (χ2v) is 5.76. The third-order valence-corrected chi connectivity index (χ3v) is 3.82. The van der Waals surface area contributed by atoms with Crippen molar-refractivity contribution in [1.82, 2.24) is 9.97 Å². The van der Waals surface area contributed by atoms with E-state index < -0.39 is 0 Å². The van der Waals surface area contributed by atoms with E-state index in [1.54, 1.807) is 0 Å². The molecule has 1 aromatic rings. The highest BCUT2D eigenvalue weighted by molar-refractivity contribution is 6.29. The summed E-state index contributed by atoms with van der Waals surface area (Å²) in [5.74, 6) is 3.29. The summed E-state index contributed by atoms with van der Waals surface area (Å²) in [6, 6.07) is 1.91. The maximum atomic E-state index is 6.10. The Hall–Kier alpha value is -0.830. The van der Waals surface area contributed by atoms with Gasteiger partial charge in [0.1, 0.15) is 16.8 Å². The molecule has 2 fully saturated rings. The van der Waals surface area contributed by atoms with Gasteiger partial charge in [-0.2, -0.15) is 0 Å². The lowest BCUT2D eigenvalue weighted by atomic mass is 10.0. The molecule has 3 nitrogen and oxygen atoms in total. The summed E-state index contributed by atoms with van der Waals surface area (Å²) in [5, 5.41) is 0.593. The van der Waals surface area contributed by atoms with Gasteiger partial charge in [-0.15, -0.1) is 0 Å². The fourth-order valence-electron chi connectivity index (χ4n) is 2.51. The zero-order valence-electron chi connectivity index (χ0n) is 10.2. The second kappa shape index (κ2) is 4.45. The van der Waals surface area contributed by atoms with Gasteiger partial charge in [0.15, 0.2) is 0 Å². The molecule has 3 rings (SSSR count). The molecule has 2 aliphatic rings. The lowest BCUT2D eigenvalue weighted by molar-refractivity contribution is 0.444. The standard InChI is InChI=1S/C13H18ClN3/c1-9-3-2-6-17(8-9)12-7-11(14)15-13(16-12)10-4-5-10/h7,9-10H,2-6,8H2,1H3/t9-/m1/s1. The summed E-state index contributed by atoms with van der Waals surface area (Å²) in [6.07, 6.45) is 5.01. The number of piperidine rings is 1. The van der Waals surface area contributed by atoms with Gasteiger partial charge in [0.2, 0.25) is 0 Å². The molecule has 1 saturated heterocycles. The van der Waals surface area contributed by atoms with Crippen molar-refractivity contribution < 1.29 is 0 Å². The molecule has 92 valence electrons. The number of nitrogens with zero attached hydrogens (tertiary/aromatic N) is 3. The van der Waals surface area contributed by atoms with Gasteiger partial charge in [-0.3, -0.25) is 0 Å². The van der Waals surface area contributed by atoms with Crippen molar-refractivity contribution in [2.24, 2.45) is 5.92 Å². The molecule has 0 unspecified atom stereocenters. The van der Waals surface area contributed by atoms with Gasteiger partial charge < -0.3 is 4.90 Å². The zero-order chi connectivity index (χ0) is 11.8. The van der Waals surface area contributed by atoms with Gasteiger partial charge in [-0.25, -0.2) is 9.97 Å². The van der Waals surface area contributed by atoms with Crippen molar-refractivity contribution in [3.8, 4) is 0 Å². The molecule has 2 heterocycles. The number of anilines is 1. The van der Waals surface area contributed by atoms with Crippen LogP contribution in [0.15, 0.2) is 6.07 Å². The van der Waals surface area contributed by atoms with E-state index in [4.69, 9.17) is 11.6 Å². The van der Waals surface area contributed by atoms with Crippen molar-refractivity contribution >= 4 is 17.4 Å². The minimum atomic E-state index is 0.565. The average molecular weight is 252 g/mol. The van der Waals surface area contributed by atoms with Crippen LogP contribution in [0.2, 0.25) is 5.15 Å². The third kappa shape index (κ3) is 2.54. The van der Waals surface area contributed by atoms with Crippen LogP contribution in [0, 0.1) is 5.92 Å². The molecule has 1 saturated carbocycles. The summed E-state index contributed by atoms with van der Waals surface area (Å²) in [7, 11) is 0. The van der Waals surface area contributed by atoms with Crippen LogP contribution in [0.1, 0.15) is 44.3 Å². The van der Waals surface area contributed by atoms with Gasteiger partial charge in [-0.05, 0) is 31.6 Å². The van der Waals surface area contributed by atoms with Crippen LogP contribution in [0.3, 0.4) is 0 Å². The quantitative estimate of drug-likeness (QED) is 0.756. The Balaban J connectivity index is 1.85. The van der Waals surface area contributed by atoms with Crippen LogP contribution < -0.4 is 4.90 Å². The number of hydrogen-bond acceptors (Lipinski definition) is 3. The number of halogens is 1. The van der Waals surface area contributed by atoms with Crippen LogP contribution in [0.5, 0.6) is 0 Å². The van der Waals surface area contributed by atoms with Crippen LogP contribution in [-0.2, 0) is 0 Å². The fourth-order valence-corrected chi connectivity index (χ4v) is 2.69. The molecule has 17 heavy (non-hydrogen) atoms. The van der Waals surface area contributed by atoms with Gasteiger partial charge in [0.25, 0.3) is 0 Å². The molecule has 1 aliphatic heterocycles. The summed E-state index contributed by atoms with van der Waals surface area (Å²) < 4.78 is 0. The van der Waals surface area contributed by atoms with E-state index in [9.17, 15) is 0 Å². The van der Waals surface area contributed by atoms with Gasteiger partial charge in [0, 0.05) is 25.1 Å². The smallest absolute Gasteiger partial charge is 0.135 e. The van der Waals surface area contributed by atoms with E-state index in [0.717, 1.165) is 30.6 Å². The van der Waals surface area contributed by atoms with E-state index in [1.165, 1.54) is 25.7 Å². The van der Waals surface area contributed by atoms with Gasteiger partial charge in [-0.1, -0.05) is 18.5 Å². The molecule has 0 bridgehead atoms. The van der Waals surface area contributed by atoms with E-state index in [-0.39, 0.29) is 0 Å². The highest BCUT2D eigenvalue weighted by Gasteiger charge is 2.28. The lowest BCUT2D eigenvalue weighted by Gasteiger charge is -2.32. The maximum Gasteiger partial charge on any atom is 0.135 e. The SMILES string of the molecule is C[C@@H]1CCCN(c2cc(Cl)nc(C3CC3)n2)C1. The number of rotatable bonds is 2. The number of hydrogen-bond donors (Lipinski definition) is 0. The minimum absolute atomic E-state index is 0.565. The topological polar surface area (TPSA) is 29.0 Å². The second-order valence-electron chi connectivity index (χ2n) is 5.37. The van der Waals surface area contributed by atoms with Crippen molar-refractivity contribution in [3.63, 3.8) is 0 Å². The highest BCUT2D eigenvalue weighted by atomic mass is 35.5. The first-order valence-electron chi connectivity index (χ1n) is 6.52. The predicted octanol–water partition coefficient (Wildman–Crippen LogP) is 3.24. The Morgan fingerprint density at radius 3 is 2.82 bits per heavy atom. The van der Waals surface area contributed by atoms with E-state index in [0.29, 0.717) is 11.1 Å². The zero-order valence-corrected chi connectivity index (χ0v) is 11.0. The summed E-state index contributed by atoms with van der Waals surface area (Å²) in [6.45, 7) is 4.50. The molecule has 1 aromatic heterocycles. The molecule has 1 aliphatic carbocycles. The van der Waals surface area contributed by atoms with Crippen LogP contribution >= 0.6 is 11.6 Å². The Bertz CT molecular complexity index is 417. The van der Waals surface area contributed by atoms with Crippen LogP contribution in [-0.4, -0.2) is 23.1 Å². The van der Waals surface area contributed by atoms with E-state index >= 15 is 0 Å². The van der Waals surface area contributed by atoms with Crippen molar-refractivity contribution in [2.45, 2.75) is 38.5 Å². The first kappa shape index (κ1) is 11.3. The molecule has 1 atom stereocenters. The first-order valence-corrected chi connectivity index (χ1v) is 6.89. The Kier molecular flexibility index (Phi) is 2.95. The fraction of sp³-hybridized carbons (Fsp3) is 0.692. The van der Waals surface area contributed by atoms with Crippen molar-refractivity contribution in [2.75, 3.05) is 18.0 Å². The largest absolute Gasteiger partial charge is 0.356 e. The van der Waals surface area contributed by atoms with E-state index in [2.05, 4.69) is 21.8 Å². The maximum absolute atomic E-state index is 6.10. The molecule has 0 radical (unpaired) electrons. The van der Waals surface area contributed by atoms with Gasteiger partial charge in [0.05, 0.1) is 0 Å². The third-order valence-electron chi connectivity index (χ3n) is 3.62. The van der Waals surface area contributed by atoms with Gasteiger partial charge >= 0.3 is 0 Å². The Morgan fingerprint density at radius 1 is 1.29 bits per heavy atom. The van der Waals surface area contributed by atoms with Crippen LogP contribution in [0.25, 0.3) is 0 Å². The Morgan fingerprint density at radius 2 is 2.12 bits per heavy atom. The monoisotopic (exact) mass is 251 g/mol. The average Bonchev–Trinajstić information content (AvgIpc) is 3.12. The van der Waals surface area contributed by atoms with Crippen molar-refractivity contribution in [1.29, 1.82) is 0 Å². The molecule has 0 spiro atoms. The molecule has 0 N–H and O–H groups in total. The molecular formula is C13H18ClN3. The van der Waals surface area contributed by atoms with Crippen molar-refractivity contribution in [3.05, 3.63) is 17.0 Å². The summed E-state index contributed by atoms with van der Waals surface area (Å²) in [5.41, 5.74) is 0. The highest BCUT2D eigenvalue weighted by Crippen LogP contribution is 2.39. The summed E-state index contributed by atoms with van der Waals surface area (Å²) >= 11 is 6.10. The van der Waals surface area contributed by atoms with Crippen LogP contribution in [0.4, 0.5) is 5.82 Å². The molecular weight excluding hydrogens is 234 g/mol. The first-order chi connectivity index (χ1) is 8.22.